The second kappa shape index (κ2) is 3.54. The molecule has 1 aromatic heterocycles. The molecule has 0 aliphatic rings. The van der Waals surface area contributed by atoms with E-state index >= 15 is 0 Å². The highest BCUT2D eigenvalue weighted by Crippen LogP contribution is 2.24. The summed E-state index contributed by atoms with van der Waals surface area (Å²) in [7, 11) is 0. The molecule has 1 heterocycles. The zero-order valence-electron chi connectivity index (χ0n) is 8.03. The molecular weight excluding hydrogens is 176 g/mol. The van der Waals surface area contributed by atoms with Gasteiger partial charge in [-0.1, -0.05) is 18.2 Å². The fourth-order valence-corrected chi connectivity index (χ4v) is 1.69. The first-order valence-corrected chi connectivity index (χ1v) is 4.65. The Morgan fingerprint density at radius 2 is 2.21 bits per heavy atom. The van der Waals surface area contributed by atoms with Gasteiger partial charge in [0.05, 0.1) is 11.2 Å². The smallest absolute Gasteiger partial charge is 0.211 e. The summed E-state index contributed by atoms with van der Waals surface area (Å²) in [5.74, 6) is 0. The standard InChI is InChI=1S/C11H12N2O/c1-2-13-7-10(12-8-14)9-5-3-4-6-11(9)13/h3-8H,2H2,1H3,(H,12,14). The molecule has 3 nitrogen and oxygen atoms in total. The largest absolute Gasteiger partial charge is 0.346 e. The topological polar surface area (TPSA) is 34.0 Å². The van der Waals surface area contributed by atoms with Crippen LogP contribution in [0.25, 0.3) is 10.9 Å². The summed E-state index contributed by atoms with van der Waals surface area (Å²) in [5.41, 5.74) is 2.02. The summed E-state index contributed by atoms with van der Waals surface area (Å²) in [6.07, 6.45) is 2.67. The number of benzene rings is 1. The highest BCUT2D eigenvalue weighted by molar-refractivity contribution is 5.96. The molecule has 0 atom stereocenters. The van der Waals surface area contributed by atoms with Crippen molar-refractivity contribution in [1.82, 2.24) is 4.57 Å². The van der Waals surface area contributed by atoms with Crippen molar-refractivity contribution in [2.75, 3.05) is 5.32 Å². The predicted molar refractivity (Wildman–Crippen MR) is 57.3 cm³/mol. The van der Waals surface area contributed by atoms with E-state index in [1.807, 2.05) is 24.4 Å². The molecule has 0 aliphatic carbocycles. The summed E-state index contributed by atoms with van der Waals surface area (Å²) in [4.78, 5) is 10.4. The molecule has 0 saturated heterocycles. The molecular formula is C11H12N2O. The van der Waals surface area contributed by atoms with E-state index in [9.17, 15) is 4.79 Å². The molecule has 1 amide bonds. The average molecular weight is 188 g/mol. The Kier molecular flexibility index (Phi) is 2.23. The minimum atomic E-state index is 0.710. The first kappa shape index (κ1) is 8.81. The van der Waals surface area contributed by atoms with Crippen LogP contribution in [0.2, 0.25) is 0 Å². The Labute approximate surface area is 82.3 Å². The number of carbonyl (C=O) groups excluding carboxylic acids is 1. The highest BCUT2D eigenvalue weighted by atomic mass is 16.1. The number of hydrogen-bond donors (Lipinski definition) is 1. The summed E-state index contributed by atoms with van der Waals surface area (Å²) in [5, 5.41) is 3.79. The molecule has 0 bridgehead atoms. The molecule has 2 rings (SSSR count). The van der Waals surface area contributed by atoms with Crippen molar-refractivity contribution in [2.24, 2.45) is 0 Å². The predicted octanol–water partition coefficient (Wildman–Crippen LogP) is 2.23. The Morgan fingerprint density at radius 1 is 1.43 bits per heavy atom. The van der Waals surface area contributed by atoms with Crippen LogP contribution in [0.1, 0.15) is 6.92 Å². The zero-order valence-corrected chi connectivity index (χ0v) is 8.03. The summed E-state index contributed by atoms with van der Waals surface area (Å²) >= 11 is 0. The van der Waals surface area contributed by atoms with E-state index < -0.39 is 0 Å². The number of carbonyl (C=O) groups is 1. The fraction of sp³-hybridized carbons (Fsp3) is 0.182. The van der Waals surface area contributed by atoms with Crippen molar-refractivity contribution in [1.29, 1.82) is 0 Å². The number of para-hydroxylation sites is 1. The van der Waals surface area contributed by atoms with Crippen molar-refractivity contribution in [2.45, 2.75) is 13.5 Å². The SMILES string of the molecule is CCn1cc(NC=O)c2ccccc21. The Hall–Kier alpha value is -1.77. The van der Waals surface area contributed by atoms with Crippen LogP contribution in [-0.2, 0) is 11.3 Å². The highest BCUT2D eigenvalue weighted by Gasteiger charge is 2.05. The number of fused-ring (bicyclic) bond motifs is 1. The first-order valence-electron chi connectivity index (χ1n) is 4.65. The number of nitrogens with zero attached hydrogens (tertiary/aromatic N) is 1. The van der Waals surface area contributed by atoms with E-state index in [0.717, 1.165) is 23.1 Å². The number of amides is 1. The van der Waals surface area contributed by atoms with Gasteiger partial charge in [0.2, 0.25) is 6.41 Å². The second-order valence-electron chi connectivity index (χ2n) is 3.11. The summed E-state index contributed by atoms with van der Waals surface area (Å²) in [6.45, 7) is 2.98. The van der Waals surface area contributed by atoms with Crippen LogP contribution in [0, 0.1) is 0 Å². The van der Waals surface area contributed by atoms with Crippen LogP contribution in [0.15, 0.2) is 30.5 Å². The summed E-state index contributed by atoms with van der Waals surface area (Å²) < 4.78 is 2.11. The molecule has 0 unspecified atom stereocenters. The average Bonchev–Trinajstić information content (AvgIpc) is 2.58. The normalized spacial score (nSPS) is 10.4. The molecule has 0 saturated carbocycles. The third-order valence-corrected chi connectivity index (χ3v) is 2.34. The van der Waals surface area contributed by atoms with Gasteiger partial charge >= 0.3 is 0 Å². The van der Waals surface area contributed by atoms with Crippen LogP contribution < -0.4 is 5.32 Å². The van der Waals surface area contributed by atoms with E-state index in [4.69, 9.17) is 0 Å². The van der Waals surface area contributed by atoms with Gasteiger partial charge in [0.15, 0.2) is 0 Å². The molecule has 14 heavy (non-hydrogen) atoms. The third kappa shape index (κ3) is 1.27. The van der Waals surface area contributed by atoms with Crippen molar-refractivity contribution in [3.63, 3.8) is 0 Å². The monoisotopic (exact) mass is 188 g/mol. The van der Waals surface area contributed by atoms with E-state index in [2.05, 4.69) is 22.9 Å². The van der Waals surface area contributed by atoms with Crippen LogP contribution in [-0.4, -0.2) is 11.0 Å². The minimum Gasteiger partial charge on any atom is -0.346 e. The molecule has 2 aromatic rings. The van der Waals surface area contributed by atoms with Gasteiger partial charge in [-0.15, -0.1) is 0 Å². The summed E-state index contributed by atoms with van der Waals surface area (Å²) in [6, 6.07) is 8.03. The fourth-order valence-electron chi connectivity index (χ4n) is 1.69. The van der Waals surface area contributed by atoms with Crippen molar-refractivity contribution >= 4 is 23.0 Å². The van der Waals surface area contributed by atoms with Gasteiger partial charge in [0.25, 0.3) is 0 Å². The molecule has 0 fully saturated rings. The maximum absolute atomic E-state index is 10.4. The molecule has 72 valence electrons. The number of anilines is 1. The van der Waals surface area contributed by atoms with Crippen molar-refractivity contribution < 1.29 is 4.79 Å². The van der Waals surface area contributed by atoms with Gasteiger partial charge in [-0.05, 0) is 13.0 Å². The maximum Gasteiger partial charge on any atom is 0.211 e. The number of nitrogens with one attached hydrogen (secondary N) is 1. The van der Waals surface area contributed by atoms with Gasteiger partial charge in [-0.25, -0.2) is 0 Å². The molecule has 1 N–H and O–H groups in total. The molecule has 0 spiro atoms. The number of hydrogen-bond acceptors (Lipinski definition) is 1. The lowest BCUT2D eigenvalue weighted by Gasteiger charge is -1.97. The van der Waals surface area contributed by atoms with Gasteiger partial charge in [-0.2, -0.15) is 0 Å². The quantitative estimate of drug-likeness (QED) is 0.736. The Balaban J connectivity index is 2.66. The van der Waals surface area contributed by atoms with Crippen molar-refractivity contribution in [3.05, 3.63) is 30.5 Å². The molecule has 1 aromatic carbocycles. The Bertz CT molecular complexity index is 459. The van der Waals surface area contributed by atoms with Gasteiger partial charge in [0.1, 0.15) is 0 Å². The van der Waals surface area contributed by atoms with E-state index in [1.54, 1.807) is 0 Å². The first-order chi connectivity index (χ1) is 6.86. The van der Waals surface area contributed by atoms with E-state index in [-0.39, 0.29) is 0 Å². The van der Waals surface area contributed by atoms with E-state index in [1.165, 1.54) is 0 Å². The number of aromatic nitrogens is 1. The van der Waals surface area contributed by atoms with Gasteiger partial charge < -0.3 is 9.88 Å². The van der Waals surface area contributed by atoms with Crippen molar-refractivity contribution in [3.8, 4) is 0 Å². The second-order valence-corrected chi connectivity index (χ2v) is 3.11. The zero-order chi connectivity index (χ0) is 9.97. The number of rotatable bonds is 3. The van der Waals surface area contributed by atoms with Gasteiger partial charge in [0, 0.05) is 18.1 Å². The molecule has 0 aliphatic heterocycles. The third-order valence-electron chi connectivity index (χ3n) is 2.34. The number of aryl methyl sites for hydroxylation is 1. The van der Waals surface area contributed by atoms with Crippen LogP contribution >= 0.6 is 0 Å². The maximum atomic E-state index is 10.4. The molecule has 3 heteroatoms. The van der Waals surface area contributed by atoms with E-state index in [0.29, 0.717) is 6.41 Å². The van der Waals surface area contributed by atoms with Crippen LogP contribution in [0.5, 0.6) is 0 Å². The van der Waals surface area contributed by atoms with Crippen LogP contribution in [0.3, 0.4) is 0 Å². The lowest BCUT2D eigenvalue weighted by molar-refractivity contribution is -0.105. The molecule has 0 radical (unpaired) electrons. The van der Waals surface area contributed by atoms with Gasteiger partial charge in [-0.3, -0.25) is 4.79 Å². The minimum absolute atomic E-state index is 0.710. The lowest BCUT2D eigenvalue weighted by Crippen LogP contribution is -1.92. The van der Waals surface area contributed by atoms with Crippen LogP contribution in [0.4, 0.5) is 5.69 Å². The Morgan fingerprint density at radius 3 is 2.93 bits per heavy atom. The lowest BCUT2D eigenvalue weighted by atomic mass is 10.2.